The minimum absolute atomic E-state index is 0.0561. The first-order valence-electron chi connectivity index (χ1n) is 8.51. The van der Waals surface area contributed by atoms with Crippen molar-refractivity contribution in [3.05, 3.63) is 28.8 Å². The van der Waals surface area contributed by atoms with E-state index in [9.17, 15) is 10.2 Å². The predicted molar refractivity (Wildman–Crippen MR) is 91.1 cm³/mol. The number of piperidine rings is 1. The van der Waals surface area contributed by atoms with Gasteiger partial charge in [0.2, 0.25) is 0 Å². The predicted octanol–water partition coefficient (Wildman–Crippen LogP) is 2.77. The van der Waals surface area contributed by atoms with Gasteiger partial charge in [-0.3, -0.25) is 4.90 Å². The maximum Gasteiger partial charge on any atom is 0.138 e. The molecular weight excluding hydrogens is 314 g/mol. The van der Waals surface area contributed by atoms with Crippen LogP contribution in [0.1, 0.15) is 37.7 Å². The first kappa shape index (κ1) is 17.0. The number of aliphatic hydroxyl groups is 2. The highest BCUT2D eigenvalue weighted by molar-refractivity contribution is 6.32. The Labute approximate surface area is 143 Å². The standard InChI is InChI=1S/C18H26ClNO3/c1-13-6-7-15(19)16(10-13)23-12-18(22)11-20(9-8-17(18)21)14-4-2-3-5-14/h6-7,10,14,17,21-22H,2-5,8-9,11-12H2,1H3/t17-,18-/m0/s1. The molecule has 1 aliphatic heterocycles. The Balaban J connectivity index is 1.67. The van der Waals surface area contributed by atoms with E-state index in [2.05, 4.69) is 4.90 Å². The minimum atomic E-state index is -1.24. The number of nitrogens with zero attached hydrogens (tertiary/aromatic N) is 1. The maximum atomic E-state index is 10.9. The SMILES string of the molecule is Cc1ccc(Cl)c(OC[C@@]2(O)CN(C3CCCC3)CC[C@@H]2O)c1. The molecule has 1 saturated heterocycles. The monoisotopic (exact) mass is 339 g/mol. The van der Waals surface area contributed by atoms with Gasteiger partial charge in [-0.05, 0) is 43.9 Å². The Morgan fingerprint density at radius 1 is 1.30 bits per heavy atom. The largest absolute Gasteiger partial charge is 0.489 e. The molecule has 2 N–H and O–H groups in total. The topological polar surface area (TPSA) is 52.9 Å². The molecule has 1 aromatic rings. The average Bonchev–Trinajstić information content (AvgIpc) is 3.06. The highest BCUT2D eigenvalue weighted by Crippen LogP contribution is 2.32. The molecule has 5 heteroatoms. The van der Waals surface area contributed by atoms with Crippen molar-refractivity contribution in [2.45, 2.75) is 56.8 Å². The van der Waals surface area contributed by atoms with Crippen molar-refractivity contribution in [3.63, 3.8) is 0 Å². The number of likely N-dealkylation sites (tertiary alicyclic amines) is 1. The zero-order valence-corrected chi connectivity index (χ0v) is 14.4. The molecule has 0 bridgehead atoms. The van der Waals surface area contributed by atoms with Gasteiger partial charge in [-0.2, -0.15) is 0 Å². The van der Waals surface area contributed by atoms with Crippen LogP contribution in [0.15, 0.2) is 18.2 Å². The molecule has 2 fully saturated rings. The molecule has 2 atom stereocenters. The van der Waals surface area contributed by atoms with Gasteiger partial charge in [0.05, 0.1) is 11.1 Å². The van der Waals surface area contributed by atoms with E-state index in [0.29, 0.717) is 29.8 Å². The summed E-state index contributed by atoms with van der Waals surface area (Å²) in [5.41, 5.74) is -0.193. The van der Waals surface area contributed by atoms with E-state index in [-0.39, 0.29) is 6.61 Å². The lowest BCUT2D eigenvalue weighted by molar-refractivity contribution is -0.144. The van der Waals surface area contributed by atoms with Crippen LogP contribution in [0.4, 0.5) is 0 Å². The molecular formula is C18H26ClNO3. The quantitative estimate of drug-likeness (QED) is 0.885. The second kappa shape index (κ2) is 6.98. The lowest BCUT2D eigenvalue weighted by Gasteiger charge is -2.44. The van der Waals surface area contributed by atoms with E-state index >= 15 is 0 Å². The molecule has 0 amide bonds. The van der Waals surface area contributed by atoms with Gasteiger partial charge in [0, 0.05) is 19.1 Å². The Morgan fingerprint density at radius 3 is 2.78 bits per heavy atom. The van der Waals surface area contributed by atoms with Crippen LogP contribution in [-0.2, 0) is 0 Å². The van der Waals surface area contributed by atoms with E-state index in [0.717, 1.165) is 12.1 Å². The van der Waals surface area contributed by atoms with Gasteiger partial charge >= 0.3 is 0 Å². The summed E-state index contributed by atoms with van der Waals surface area (Å²) < 4.78 is 5.77. The zero-order chi connectivity index (χ0) is 16.4. The number of rotatable bonds is 4. The number of aryl methyl sites for hydroxylation is 1. The van der Waals surface area contributed by atoms with Crippen molar-refractivity contribution < 1.29 is 14.9 Å². The van der Waals surface area contributed by atoms with Crippen LogP contribution in [-0.4, -0.2) is 52.6 Å². The van der Waals surface area contributed by atoms with E-state index in [4.69, 9.17) is 16.3 Å². The molecule has 2 aliphatic rings. The number of benzene rings is 1. The van der Waals surface area contributed by atoms with Gasteiger partial charge in [0.25, 0.3) is 0 Å². The average molecular weight is 340 g/mol. The molecule has 1 aliphatic carbocycles. The van der Waals surface area contributed by atoms with E-state index in [1.165, 1.54) is 25.7 Å². The summed E-state index contributed by atoms with van der Waals surface area (Å²) in [6, 6.07) is 6.10. The molecule has 1 saturated carbocycles. The van der Waals surface area contributed by atoms with E-state index < -0.39 is 11.7 Å². The summed E-state index contributed by atoms with van der Waals surface area (Å²) in [6.07, 6.45) is 4.73. The number of hydrogen-bond donors (Lipinski definition) is 2. The van der Waals surface area contributed by atoms with Gasteiger partial charge < -0.3 is 14.9 Å². The third kappa shape index (κ3) is 3.82. The fourth-order valence-electron chi connectivity index (χ4n) is 3.74. The summed E-state index contributed by atoms with van der Waals surface area (Å²) in [4.78, 5) is 2.32. The molecule has 1 aromatic carbocycles. The van der Waals surface area contributed by atoms with Crippen LogP contribution >= 0.6 is 11.6 Å². The fourth-order valence-corrected chi connectivity index (χ4v) is 3.91. The second-order valence-electron chi connectivity index (χ2n) is 7.04. The van der Waals surface area contributed by atoms with Gasteiger partial charge in [-0.1, -0.05) is 30.5 Å². The Bertz CT molecular complexity index is 547. The molecule has 23 heavy (non-hydrogen) atoms. The molecule has 1 heterocycles. The second-order valence-corrected chi connectivity index (χ2v) is 7.45. The first-order valence-corrected chi connectivity index (χ1v) is 8.89. The number of hydrogen-bond acceptors (Lipinski definition) is 4. The van der Waals surface area contributed by atoms with Crippen LogP contribution in [0, 0.1) is 6.92 Å². The smallest absolute Gasteiger partial charge is 0.138 e. The lowest BCUT2D eigenvalue weighted by atomic mass is 9.89. The van der Waals surface area contributed by atoms with Crippen LogP contribution in [0.3, 0.4) is 0 Å². The summed E-state index contributed by atoms with van der Waals surface area (Å²) >= 11 is 6.15. The van der Waals surface area contributed by atoms with Crippen molar-refractivity contribution in [2.75, 3.05) is 19.7 Å². The van der Waals surface area contributed by atoms with Crippen LogP contribution in [0.25, 0.3) is 0 Å². The van der Waals surface area contributed by atoms with Crippen molar-refractivity contribution in [1.82, 2.24) is 4.90 Å². The zero-order valence-electron chi connectivity index (χ0n) is 13.7. The normalized spacial score (nSPS) is 29.8. The minimum Gasteiger partial charge on any atom is -0.489 e. The van der Waals surface area contributed by atoms with Gasteiger partial charge in [-0.15, -0.1) is 0 Å². The summed E-state index contributed by atoms with van der Waals surface area (Å²) in [6.45, 7) is 3.33. The van der Waals surface area contributed by atoms with E-state index in [1.54, 1.807) is 6.07 Å². The van der Waals surface area contributed by atoms with Gasteiger partial charge in [0.1, 0.15) is 18.0 Å². The van der Waals surface area contributed by atoms with Crippen LogP contribution in [0.2, 0.25) is 5.02 Å². The van der Waals surface area contributed by atoms with Crippen LogP contribution in [0.5, 0.6) is 5.75 Å². The third-order valence-corrected chi connectivity index (χ3v) is 5.50. The highest BCUT2D eigenvalue weighted by atomic mass is 35.5. The Morgan fingerprint density at radius 2 is 2.04 bits per heavy atom. The summed E-state index contributed by atoms with van der Waals surface area (Å²) in [5, 5.41) is 21.8. The van der Waals surface area contributed by atoms with Gasteiger partial charge in [0.15, 0.2) is 0 Å². The number of β-amino-alcohol motifs (C(OH)–C–C–N with tert-alkyl or cyclic N) is 1. The van der Waals surface area contributed by atoms with Crippen molar-refractivity contribution in [1.29, 1.82) is 0 Å². The molecule has 0 radical (unpaired) electrons. The number of halogens is 1. The highest BCUT2D eigenvalue weighted by Gasteiger charge is 2.44. The van der Waals surface area contributed by atoms with Crippen molar-refractivity contribution >= 4 is 11.6 Å². The summed E-state index contributed by atoms with van der Waals surface area (Å²) in [7, 11) is 0. The molecule has 4 nitrogen and oxygen atoms in total. The number of aliphatic hydroxyl groups excluding tert-OH is 1. The lowest BCUT2D eigenvalue weighted by Crippen LogP contribution is -2.61. The maximum absolute atomic E-state index is 10.9. The van der Waals surface area contributed by atoms with E-state index in [1.807, 2.05) is 19.1 Å². The molecule has 128 valence electrons. The Kier molecular flexibility index (Phi) is 5.16. The molecule has 3 rings (SSSR count). The van der Waals surface area contributed by atoms with Gasteiger partial charge in [-0.25, -0.2) is 0 Å². The van der Waals surface area contributed by atoms with Crippen LogP contribution < -0.4 is 4.74 Å². The van der Waals surface area contributed by atoms with Crippen molar-refractivity contribution in [2.24, 2.45) is 0 Å². The molecule has 0 unspecified atom stereocenters. The number of ether oxygens (including phenoxy) is 1. The Hall–Kier alpha value is -0.810. The molecule has 0 aromatic heterocycles. The summed E-state index contributed by atoms with van der Waals surface area (Å²) in [5.74, 6) is 0.560. The first-order chi connectivity index (χ1) is 11.0. The molecule has 0 spiro atoms. The fraction of sp³-hybridized carbons (Fsp3) is 0.667. The third-order valence-electron chi connectivity index (χ3n) is 5.19. The van der Waals surface area contributed by atoms with Crippen molar-refractivity contribution in [3.8, 4) is 5.75 Å².